The lowest BCUT2D eigenvalue weighted by molar-refractivity contribution is -0.144. The minimum atomic E-state index is -0.255. The molecule has 2 aromatic rings. The van der Waals surface area contributed by atoms with Gasteiger partial charge in [-0.05, 0) is 84.8 Å². The fourth-order valence-corrected chi connectivity index (χ4v) is 5.81. The molecule has 0 amide bonds. The molecule has 1 aliphatic heterocycles. The molecule has 4 rings (SSSR count). The van der Waals surface area contributed by atoms with Crippen molar-refractivity contribution >= 4 is 11.5 Å². The number of likely N-dealkylation sites (tertiary alicyclic amines) is 1. The van der Waals surface area contributed by atoms with Crippen molar-refractivity contribution in [1.29, 1.82) is 0 Å². The fraction of sp³-hybridized carbons (Fsp3) is 0.531. The summed E-state index contributed by atoms with van der Waals surface area (Å²) in [5.74, 6) is 0.0381. The molecule has 1 aliphatic carbocycles. The molecule has 1 saturated heterocycles. The van der Waals surface area contributed by atoms with Crippen LogP contribution in [0, 0.1) is 17.6 Å². The molecule has 37 heavy (non-hydrogen) atoms. The Bertz CT molecular complexity index is 1040. The van der Waals surface area contributed by atoms with Crippen LogP contribution in [-0.4, -0.2) is 37.1 Å². The minimum Gasteiger partial charge on any atom is -0.464 e. The maximum atomic E-state index is 14.2. The number of hydrogen-bond acceptors (Lipinski definition) is 3. The molecule has 200 valence electrons. The summed E-state index contributed by atoms with van der Waals surface area (Å²) in [4.78, 5) is 14.4. The first-order valence-electron chi connectivity index (χ1n) is 14.2. The molecule has 0 saturated carbocycles. The van der Waals surface area contributed by atoms with Crippen LogP contribution in [0.15, 0.2) is 48.5 Å². The second kappa shape index (κ2) is 13.9. The normalized spacial score (nSPS) is 18.0. The van der Waals surface area contributed by atoms with Crippen LogP contribution in [-0.2, 0) is 9.53 Å². The van der Waals surface area contributed by atoms with Crippen molar-refractivity contribution in [1.82, 2.24) is 4.90 Å². The number of esters is 1. The van der Waals surface area contributed by atoms with Gasteiger partial charge in [-0.15, -0.1) is 0 Å². The number of allylic oxidation sites excluding steroid dienone is 1. The zero-order chi connectivity index (χ0) is 26.0. The SMILES string of the molecule is CCCCCCCCCC(=O)OCCN1CCC(C2C=C(c3ccc(F)cc3)c3ccc(F)cc32)CC1. The Balaban J connectivity index is 1.22. The second-order valence-electron chi connectivity index (χ2n) is 10.6. The Morgan fingerprint density at radius 2 is 1.59 bits per heavy atom. The number of carbonyl (C=O) groups excluding carboxylic acids is 1. The topological polar surface area (TPSA) is 29.5 Å². The van der Waals surface area contributed by atoms with Crippen molar-refractivity contribution in [3.63, 3.8) is 0 Å². The van der Waals surface area contributed by atoms with Gasteiger partial charge in [0.05, 0.1) is 0 Å². The molecule has 0 spiro atoms. The molecule has 0 radical (unpaired) electrons. The Kier molecular flexibility index (Phi) is 10.3. The number of carbonyl (C=O) groups is 1. The molecule has 3 nitrogen and oxygen atoms in total. The minimum absolute atomic E-state index is 0.0773. The van der Waals surface area contributed by atoms with Gasteiger partial charge in [0.25, 0.3) is 0 Å². The van der Waals surface area contributed by atoms with Crippen LogP contribution in [0.1, 0.15) is 93.7 Å². The molecule has 2 aliphatic rings. The number of unbranched alkanes of at least 4 members (excludes halogenated alkanes) is 6. The Morgan fingerprint density at radius 3 is 2.32 bits per heavy atom. The highest BCUT2D eigenvalue weighted by Gasteiger charge is 2.33. The summed E-state index contributed by atoms with van der Waals surface area (Å²) in [6.45, 7) is 5.33. The average Bonchev–Trinajstić information content (AvgIpc) is 3.27. The highest BCUT2D eigenvalue weighted by atomic mass is 19.1. The molecule has 1 unspecified atom stereocenters. The van der Waals surface area contributed by atoms with Crippen LogP contribution in [0.4, 0.5) is 8.78 Å². The second-order valence-corrected chi connectivity index (χ2v) is 10.6. The molecule has 5 heteroatoms. The smallest absolute Gasteiger partial charge is 0.305 e. The van der Waals surface area contributed by atoms with Crippen LogP contribution < -0.4 is 0 Å². The maximum Gasteiger partial charge on any atom is 0.305 e. The third-order valence-corrected chi connectivity index (χ3v) is 7.96. The lowest BCUT2D eigenvalue weighted by atomic mass is 9.81. The summed E-state index contributed by atoms with van der Waals surface area (Å²) in [7, 11) is 0. The van der Waals surface area contributed by atoms with E-state index in [0.717, 1.165) is 67.6 Å². The first-order valence-corrected chi connectivity index (χ1v) is 14.2. The van der Waals surface area contributed by atoms with Crippen molar-refractivity contribution in [2.75, 3.05) is 26.2 Å². The predicted octanol–water partition coefficient (Wildman–Crippen LogP) is 7.89. The summed E-state index contributed by atoms with van der Waals surface area (Å²) >= 11 is 0. The number of halogens is 2. The van der Waals surface area contributed by atoms with Gasteiger partial charge in [0.1, 0.15) is 18.2 Å². The van der Waals surface area contributed by atoms with Gasteiger partial charge < -0.3 is 4.74 Å². The first kappa shape index (κ1) is 27.5. The quantitative estimate of drug-likeness (QED) is 0.203. The summed E-state index contributed by atoms with van der Waals surface area (Å²) in [6.07, 6.45) is 13.2. The number of rotatable bonds is 13. The van der Waals surface area contributed by atoms with E-state index in [9.17, 15) is 13.6 Å². The predicted molar refractivity (Wildman–Crippen MR) is 145 cm³/mol. The zero-order valence-electron chi connectivity index (χ0n) is 22.2. The van der Waals surface area contributed by atoms with Crippen LogP contribution in [0.2, 0.25) is 0 Å². The van der Waals surface area contributed by atoms with Crippen LogP contribution in [0.25, 0.3) is 5.57 Å². The molecule has 0 bridgehead atoms. The Morgan fingerprint density at radius 1 is 0.919 bits per heavy atom. The van der Waals surface area contributed by atoms with E-state index in [1.54, 1.807) is 18.2 Å². The monoisotopic (exact) mass is 509 g/mol. The Hall–Kier alpha value is -2.53. The number of nitrogens with zero attached hydrogens (tertiary/aromatic N) is 1. The van der Waals surface area contributed by atoms with Crippen molar-refractivity contribution in [2.24, 2.45) is 5.92 Å². The number of fused-ring (bicyclic) bond motifs is 1. The van der Waals surface area contributed by atoms with E-state index in [0.29, 0.717) is 18.9 Å². The van der Waals surface area contributed by atoms with Crippen LogP contribution in [0.3, 0.4) is 0 Å². The van der Waals surface area contributed by atoms with E-state index in [-0.39, 0.29) is 23.5 Å². The molecule has 0 aromatic heterocycles. The molecule has 1 heterocycles. The lowest BCUT2D eigenvalue weighted by Crippen LogP contribution is -2.37. The number of hydrogen-bond donors (Lipinski definition) is 0. The van der Waals surface area contributed by atoms with Gasteiger partial charge in [-0.2, -0.15) is 0 Å². The van der Waals surface area contributed by atoms with Gasteiger partial charge in [-0.3, -0.25) is 9.69 Å². The van der Waals surface area contributed by atoms with Gasteiger partial charge >= 0.3 is 5.97 Å². The van der Waals surface area contributed by atoms with Crippen molar-refractivity contribution in [3.8, 4) is 0 Å². The zero-order valence-corrected chi connectivity index (χ0v) is 22.2. The van der Waals surface area contributed by atoms with Gasteiger partial charge in [0, 0.05) is 18.9 Å². The average molecular weight is 510 g/mol. The van der Waals surface area contributed by atoms with Crippen molar-refractivity contribution in [3.05, 3.63) is 76.9 Å². The highest BCUT2D eigenvalue weighted by molar-refractivity contribution is 5.85. The number of ether oxygens (including phenoxy) is 1. The van der Waals surface area contributed by atoms with Crippen molar-refractivity contribution < 1.29 is 18.3 Å². The van der Waals surface area contributed by atoms with Crippen LogP contribution >= 0.6 is 0 Å². The molecular weight excluding hydrogens is 468 g/mol. The third kappa shape index (κ3) is 7.73. The Labute approximate surface area is 220 Å². The van der Waals surface area contributed by atoms with Crippen LogP contribution in [0.5, 0.6) is 0 Å². The van der Waals surface area contributed by atoms with Crippen molar-refractivity contribution in [2.45, 2.75) is 77.0 Å². The van der Waals surface area contributed by atoms with Gasteiger partial charge in [0.2, 0.25) is 0 Å². The maximum absolute atomic E-state index is 14.2. The van der Waals surface area contributed by atoms with E-state index in [1.807, 2.05) is 6.07 Å². The summed E-state index contributed by atoms with van der Waals surface area (Å²) in [6, 6.07) is 11.6. The first-order chi connectivity index (χ1) is 18.0. The summed E-state index contributed by atoms with van der Waals surface area (Å²) in [5.41, 5.74) is 4.12. The lowest BCUT2D eigenvalue weighted by Gasteiger charge is -2.34. The number of piperidine rings is 1. The molecule has 2 aromatic carbocycles. The van der Waals surface area contributed by atoms with E-state index in [2.05, 4.69) is 17.9 Å². The summed E-state index contributed by atoms with van der Waals surface area (Å²) in [5, 5.41) is 0. The van der Waals surface area contributed by atoms with Gasteiger partial charge in [0.15, 0.2) is 0 Å². The number of benzene rings is 2. The third-order valence-electron chi connectivity index (χ3n) is 7.96. The summed E-state index contributed by atoms with van der Waals surface area (Å²) < 4.78 is 33.2. The van der Waals surface area contributed by atoms with Gasteiger partial charge in [-0.1, -0.05) is 69.7 Å². The fourth-order valence-electron chi connectivity index (χ4n) is 5.81. The van der Waals surface area contributed by atoms with Gasteiger partial charge in [-0.25, -0.2) is 8.78 Å². The van der Waals surface area contributed by atoms with E-state index >= 15 is 0 Å². The highest BCUT2D eigenvalue weighted by Crippen LogP contribution is 2.46. The van der Waals surface area contributed by atoms with E-state index in [4.69, 9.17) is 4.74 Å². The molecule has 1 fully saturated rings. The molecule has 1 atom stereocenters. The van der Waals surface area contributed by atoms with E-state index in [1.165, 1.54) is 50.3 Å². The molecule has 0 N–H and O–H groups in total. The standard InChI is InChI=1S/C32H41F2NO2/c1-2-3-4-5-6-7-8-9-32(36)37-21-20-35-18-16-25(17-19-35)30-23-29(24-10-12-26(33)13-11-24)28-15-14-27(34)22-31(28)30/h10-15,22-23,25,30H,2-9,16-21H2,1H3. The van der Waals surface area contributed by atoms with E-state index < -0.39 is 0 Å². The largest absolute Gasteiger partial charge is 0.464 e. The molecular formula is C32H41F2NO2.